The van der Waals surface area contributed by atoms with Crippen molar-refractivity contribution in [1.29, 1.82) is 0 Å². The predicted molar refractivity (Wildman–Crippen MR) is 73.2 cm³/mol. The average Bonchev–Trinajstić information content (AvgIpc) is 2.40. The minimum atomic E-state index is -0.796. The lowest BCUT2D eigenvalue weighted by Gasteiger charge is -2.17. The summed E-state index contributed by atoms with van der Waals surface area (Å²) in [5.41, 5.74) is -0.0901. The second-order valence-electron chi connectivity index (χ2n) is 4.49. The number of aromatic hydroxyl groups is 1. The normalized spacial score (nSPS) is 12.0. The van der Waals surface area contributed by atoms with Gasteiger partial charge in [0.2, 0.25) is 0 Å². The molecule has 0 saturated carbocycles. The highest BCUT2D eigenvalue weighted by Gasteiger charge is 2.15. The fourth-order valence-corrected chi connectivity index (χ4v) is 1.91. The highest BCUT2D eigenvalue weighted by Crippen LogP contribution is 2.27. The lowest BCUT2D eigenvalue weighted by atomic mass is 10.1. The Morgan fingerprint density at radius 2 is 1.90 bits per heavy atom. The molecule has 5 nitrogen and oxygen atoms in total. The number of nitro groups is 1. The predicted octanol–water partition coefficient (Wildman–Crippen LogP) is 3.75. The van der Waals surface area contributed by atoms with Crippen LogP contribution in [0.25, 0.3) is 0 Å². The van der Waals surface area contributed by atoms with Crippen molar-refractivity contribution in [1.82, 2.24) is 0 Å². The zero-order valence-electron chi connectivity index (χ0n) is 11.0. The summed E-state index contributed by atoms with van der Waals surface area (Å²) in [5.74, 6) is -1.63. The third-order valence-corrected chi connectivity index (χ3v) is 2.99. The van der Waals surface area contributed by atoms with E-state index in [-0.39, 0.29) is 22.7 Å². The number of rotatable bonds is 4. The zero-order chi connectivity index (χ0) is 15.6. The smallest absolute Gasteiger partial charge is 0.272 e. The summed E-state index contributed by atoms with van der Waals surface area (Å²) in [6.45, 7) is 1.61. The maximum Gasteiger partial charge on any atom is 0.272 e. The molecule has 0 spiro atoms. The van der Waals surface area contributed by atoms with Gasteiger partial charge in [0.15, 0.2) is 5.82 Å². The van der Waals surface area contributed by atoms with Crippen LogP contribution in [0.5, 0.6) is 5.75 Å². The molecule has 0 fully saturated rings. The molecule has 21 heavy (non-hydrogen) atoms. The molecule has 0 amide bonds. The molecule has 0 aliphatic heterocycles. The quantitative estimate of drug-likeness (QED) is 0.665. The van der Waals surface area contributed by atoms with Crippen molar-refractivity contribution in [3.8, 4) is 5.75 Å². The number of benzene rings is 2. The summed E-state index contributed by atoms with van der Waals surface area (Å²) in [4.78, 5) is 9.83. The van der Waals surface area contributed by atoms with Crippen molar-refractivity contribution >= 4 is 11.4 Å². The van der Waals surface area contributed by atoms with E-state index in [1.54, 1.807) is 6.92 Å². The van der Waals surface area contributed by atoms with Crippen molar-refractivity contribution in [2.24, 2.45) is 0 Å². The van der Waals surface area contributed by atoms with Crippen LogP contribution in [0.1, 0.15) is 18.5 Å². The standard InChI is InChI=1S/C14H12F2N2O3/c1-8(11-4-3-10(19)7-12(11)15)17-14-5-2-9(18(20)21)6-13(14)16/h2-8,17,19H,1H3. The van der Waals surface area contributed by atoms with Gasteiger partial charge >= 0.3 is 0 Å². The summed E-state index contributed by atoms with van der Waals surface area (Å²) < 4.78 is 27.4. The van der Waals surface area contributed by atoms with Crippen LogP contribution in [0.3, 0.4) is 0 Å². The number of hydrogen-bond donors (Lipinski definition) is 2. The van der Waals surface area contributed by atoms with E-state index in [0.717, 1.165) is 18.2 Å². The first-order chi connectivity index (χ1) is 9.88. The van der Waals surface area contributed by atoms with Crippen LogP contribution >= 0.6 is 0 Å². The Labute approximate surface area is 119 Å². The molecular weight excluding hydrogens is 282 g/mol. The summed E-state index contributed by atoms with van der Waals surface area (Å²) in [6, 6.07) is 6.26. The van der Waals surface area contributed by atoms with E-state index in [2.05, 4.69) is 5.32 Å². The molecule has 0 bridgehead atoms. The first-order valence-corrected chi connectivity index (χ1v) is 6.07. The molecule has 0 aromatic heterocycles. The number of nitrogens with one attached hydrogen (secondary N) is 1. The van der Waals surface area contributed by atoms with Crippen LogP contribution in [0.15, 0.2) is 36.4 Å². The van der Waals surface area contributed by atoms with E-state index in [4.69, 9.17) is 5.11 Å². The molecular formula is C14H12F2N2O3. The van der Waals surface area contributed by atoms with Crippen LogP contribution in [-0.2, 0) is 0 Å². The van der Waals surface area contributed by atoms with Gasteiger partial charge < -0.3 is 10.4 Å². The maximum atomic E-state index is 13.8. The molecule has 110 valence electrons. The van der Waals surface area contributed by atoms with E-state index in [9.17, 15) is 18.9 Å². The van der Waals surface area contributed by atoms with Gasteiger partial charge in [-0.15, -0.1) is 0 Å². The van der Waals surface area contributed by atoms with Crippen LogP contribution in [0, 0.1) is 21.7 Å². The number of halogens is 2. The number of nitro benzene ring substituents is 1. The number of phenolic OH excluding ortho intramolecular Hbond substituents is 1. The number of phenols is 1. The van der Waals surface area contributed by atoms with Crippen molar-refractivity contribution in [3.05, 3.63) is 63.7 Å². The third-order valence-electron chi connectivity index (χ3n) is 2.99. The van der Waals surface area contributed by atoms with Crippen molar-refractivity contribution in [3.63, 3.8) is 0 Å². The summed E-state index contributed by atoms with van der Waals surface area (Å²) >= 11 is 0. The van der Waals surface area contributed by atoms with Gasteiger partial charge in [-0.05, 0) is 19.1 Å². The van der Waals surface area contributed by atoms with Crippen LogP contribution in [0.2, 0.25) is 0 Å². The maximum absolute atomic E-state index is 13.8. The summed E-state index contributed by atoms with van der Waals surface area (Å²) in [6.07, 6.45) is 0. The number of hydrogen-bond acceptors (Lipinski definition) is 4. The molecule has 0 aliphatic carbocycles. The Hall–Kier alpha value is -2.70. The largest absolute Gasteiger partial charge is 0.508 e. The molecule has 2 aromatic rings. The van der Waals surface area contributed by atoms with Gasteiger partial charge in [-0.25, -0.2) is 8.78 Å². The van der Waals surface area contributed by atoms with Gasteiger partial charge in [0.1, 0.15) is 11.6 Å². The molecule has 0 aliphatic rings. The van der Waals surface area contributed by atoms with Crippen LogP contribution < -0.4 is 5.32 Å². The van der Waals surface area contributed by atoms with Gasteiger partial charge in [0.05, 0.1) is 22.7 Å². The lowest BCUT2D eigenvalue weighted by molar-refractivity contribution is -0.385. The Balaban J connectivity index is 2.23. The van der Waals surface area contributed by atoms with E-state index < -0.39 is 22.6 Å². The fourth-order valence-electron chi connectivity index (χ4n) is 1.91. The molecule has 2 aromatic carbocycles. The monoisotopic (exact) mass is 294 g/mol. The molecule has 1 atom stereocenters. The zero-order valence-corrected chi connectivity index (χ0v) is 11.0. The molecule has 2 rings (SSSR count). The molecule has 7 heteroatoms. The second-order valence-corrected chi connectivity index (χ2v) is 4.49. The molecule has 2 N–H and O–H groups in total. The number of anilines is 1. The molecule has 0 radical (unpaired) electrons. The summed E-state index contributed by atoms with van der Waals surface area (Å²) in [7, 11) is 0. The van der Waals surface area contributed by atoms with Crippen molar-refractivity contribution in [2.45, 2.75) is 13.0 Å². The van der Waals surface area contributed by atoms with E-state index in [1.165, 1.54) is 18.2 Å². The first kappa shape index (κ1) is 14.7. The van der Waals surface area contributed by atoms with Gasteiger partial charge in [0, 0.05) is 17.7 Å². The number of non-ortho nitro benzene ring substituents is 1. The fraction of sp³-hybridized carbons (Fsp3) is 0.143. The minimum Gasteiger partial charge on any atom is -0.508 e. The SMILES string of the molecule is CC(Nc1ccc([N+](=O)[O-])cc1F)c1ccc(O)cc1F. The molecule has 0 saturated heterocycles. The van der Waals surface area contributed by atoms with Gasteiger partial charge in [0.25, 0.3) is 5.69 Å². The Bertz CT molecular complexity index is 692. The molecule has 1 unspecified atom stereocenters. The summed E-state index contributed by atoms with van der Waals surface area (Å²) in [5, 5.41) is 22.4. The van der Waals surface area contributed by atoms with Gasteiger partial charge in [-0.3, -0.25) is 10.1 Å². The first-order valence-electron chi connectivity index (χ1n) is 6.07. The van der Waals surface area contributed by atoms with Crippen molar-refractivity contribution in [2.75, 3.05) is 5.32 Å². The van der Waals surface area contributed by atoms with Crippen LogP contribution in [-0.4, -0.2) is 10.0 Å². The van der Waals surface area contributed by atoms with Crippen LogP contribution in [0.4, 0.5) is 20.2 Å². The topological polar surface area (TPSA) is 75.4 Å². The molecule has 0 heterocycles. The van der Waals surface area contributed by atoms with Crippen molar-refractivity contribution < 1.29 is 18.8 Å². The Morgan fingerprint density at radius 1 is 1.19 bits per heavy atom. The Morgan fingerprint density at radius 3 is 2.48 bits per heavy atom. The number of nitrogens with zero attached hydrogens (tertiary/aromatic N) is 1. The lowest BCUT2D eigenvalue weighted by Crippen LogP contribution is -2.09. The highest BCUT2D eigenvalue weighted by molar-refractivity contribution is 5.51. The van der Waals surface area contributed by atoms with E-state index >= 15 is 0 Å². The highest BCUT2D eigenvalue weighted by atomic mass is 19.1. The minimum absolute atomic E-state index is 0.0283. The van der Waals surface area contributed by atoms with E-state index in [0.29, 0.717) is 0 Å². The van der Waals surface area contributed by atoms with Gasteiger partial charge in [-0.2, -0.15) is 0 Å². The third kappa shape index (κ3) is 3.25. The second kappa shape index (κ2) is 5.74. The Kier molecular flexibility index (Phi) is 4.02. The van der Waals surface area contributed by atoms with E-state index in [1.807, 2.05) is 0 Å². The average molecular weight is 294 g/mol. The van der Waals surface area contributed by atoms with Gasteiger partial charge in [-0.1, -0.05) is 6.07 Å².